The Morgan fingerprint density at radius 3 is 2.62 bits per heavy atom. The Morgan fingerprint density at radius 1 is 1.19 bits per heavy atom. The van der Waals surface area contributed by atoms with E-state index in [-0.39, 0.29) is 6.04 Å². The SMILES string of the molecule is CNCc1ccccc1S(=O)(=O)NC(C)c1cccnc1. The maximum absolute atomic E-state index is 12.6. The standard InChI is InChI=1S/C15H19N3O2S/c1-12(13-7-5-9-17-11-13)18-21(19,20)15-8-4-3-6-14(15)10-16-2/h3-9,11-12,16,18H,10H2,1-2H3. The van der Waals surface area contributed by atoms with E-state index in [2.05, 4.69) is 15.0 Å². The summed E-state index contributed by atoms with van der Waals surface area (Å²) < 4.78 is 27.8. The van der Waals surface area contributed by atoms with Crippen molar-refractivity contribution in [1.82, 2.24) is 15.0 Å². The molecule has 0 amide bonds. The lowest BCUT2D eigenvalue weighted by atomic mass is 10.2. The number of nitrogens with one attached hydrogen (secondary N) is 2. The predicted octanol–water partition coefficient (Wildman–Crippen LogP) is 1.84. The van der Waals surface area contributed by atoms with E-state index < -0.39 is 10.0 Å². The Morgan fingerprint density at radius 2 is 1.95 bits per heavy atom. The summed E-state index contributed by atoms with van der Waals surface area (Å²) in [5, 5.41) is 2.98. The van der Waals surface area contributed by atoms with Crippen LogP contribution in [0.4, 0.5) is 0 Å². The molecular formula is C15H19N3O2S. The first kappa shape index (κ1) is 15.6. The summed E-state index contributed by atoms with van der Waals surface area (Å²) in [5.74, 6) is 0. The summed E-state index contributed by atoms with van der Waals surface area (Å²) in [5.41, 5.74) is 1.57. The largest absolute Gasteiger partial charge is 0.316 e. The molecule has 0 radical (unpaired) electrons. The summed E-state index contributed by atoms with van der Waals surface area (Å²) in [6.45, 7) is 2.30. The molecule has 0 bridgehead atoms. The monoisotopic (exact) mass is 305 g/mol. The average Bonchev–Trinajstić information content (AvgIpc) is 2.48. The second-order valence-electron chi connectivity index (χ2n) is 4.77. The third-order valence-electron chi connectivity index (χ3n) is 3.15. The number of pyridine rings is 1. The number of rotatable bonds is 6. The zero-order valence-corrected chi connectivity index (χ0v) is 12.9. The molecular weight excluding hydrogens is 286 g/mol. The molecule has 1 heterocycles. The molecule has 6 heteroatoms. The molecule has 0 aliphatic rings. The minimum atomic E-state index is -3.58. The first-order chi connectivity index (χ1) is 10.0. The summed E-state index contributed by atoms with van der Waals surface area (Å²) in [4.78, 5) is 4.31. The van der Waals surface area contributed by atoms with Crippen molar-refractivity contribution in [3.05, 3.63) is 59.9 Å². The quantitative estimate of drug-likeness (QED) is 0.854. The van der Waals surface area contributed by atoms with Gasteiger partial charge >= 0.3 is 0 Å². The molecule has 0 aliphatic heterocycles. The summed E-state index contributed by atoms with van der Waals surface area (Å²) in [7, 11) is -1.79. The topological polar surface area (TPSA) is 71.1 Å². The van der Waals surface area contributed by atoms with Crippen LogP contribution in [-0.4, -0.2) is 20.4 Å². The Labute approximate surface area is 125 Å². The molecule has 21 heavy (non-hydrogen) atoms. The zero-order chi connectivity index (χ0) is 15.3. The highest BCUT2D eigenvalue weighted by Crippen LogP contribution is 2.19. The van der Waals surface area contributed by atoms with Gasteiger partial charge in [0.05, 0.1) is 4.90 Å². The van der Waals surface area contributed by atoms with Crippen LogP contribution in [0.2, 0.25) is 0 Å². The first-order valence-corrected chi connectivity index (χ1v) is 8.17. The fraction of sp³-hybridized carbons (Fsp3) is 0.267. The molecule has 0 saturated heterocycles. The minimum absolute atomic E-state index is 0.301. The smallest absolute Gasteiger partial charge is 0.241 e. The van der Waals surface area contributed by atoms with Gasteiger partial charge in [0.25, 0.3) is 0 Å². The molecule has 2 rings (SSSR count). The molecule has 112 valence electrons. The fourth-order valence-electron chi connectivity index (χ4n) is 2.10. The van der Waals surface area contributed by atoms with Gasteiger partial charge in [-0.15, -0.1) is 0 Å². The molecule has 1 unspecified atom stereocenters. The van der Waals surface area contributed by atoms with Crippen molar-refractivity contribution in [3.8, 4) is 0 Å². The third-order valence-corrected chi connectivity index (χ3v) is 4.79. The lowest BCUT2D eigenvalue weighted by Crippen LogP contribution is -2.28. The Kier molecular flexibility index (Phi) is 5.06. The maximum Gasteiger partial charge on any atom is 0.241 e. The van der Waals surface area contributed by atoms with Gasteiger partial charge < -0.3 is 5.32 Å². The van der Waals surface area contributed by atoms with Gasteiger partial charge in [0, 0.05) is 25.0 Å². The van der Waals surface area contributed by atoms with E-state index in [1.165, 1.54) is 0 Å². The maximum atomic E-state index is 12.6. The average molecular weight is 305 g/mol. The number of hydrogen-bond acceptors (Lipinski definition) is 4. The van der Waals surface area contributed by atoms with Crippen LogP contribution in [0.15, 0.2) is 53.7 Å². The van der Waals surface area contributed by atoms with Gasteiger partial charge in [-0.3, -0.25) is 4.98 Å². The van der Waals surface area contributed by atoms with E-state index in [1.54, 1.807) is 50.6 Å². The van der Waals surface area contributed by atoms with Crippen molar-refractivity contribution in [2.75, 3.05) is 7.05 Å². The van der Waals surface area contributed by atoms with Gasteiger partial charge in [-0.2, -0.15) is 0 Å². The number of benzene rings is 1. The normalized spacial score (nSPS) is 13.0. The van der Waals surface area contributed by atoms with Crippen LogP contribution in [0, 0.1) is 0 Å². The molecule has 2 aromatic rings. The zero-order valence-electron chi connectivity index (χ0n) is 12.1. The van der Waals surface area contributed by atoms with Crippen molar-refractivity contribution in [3.63, 3.8) is 0 Å². The molecule has 0 spiro atoms. The van der Waals surface area contributed by atoms with Crippen LogP contribution < -0.4 is 10.0 Å². The van der Waals surface area contributed by atoms with Crippen molar-refractivity contribution in [2.24, 2.45) is 0 Å². The minimum Gasteiger partial charge on any atom is -0.316 e. The Balaban J connectivity index is 2.27. The van der Waals surface area contributed by atoms with Gasteiger partial charge in [-0.05, 0) is 37.2 Å². The van der Waals surface area contributed by atoms with Crippen LogP contribution in [0.25, 0.3) is 0 Å². The number of sulfonamides is 1. The van der Waals surface area contributed by atoms with Crippen molar-refractivity contribution in [2.45, 2.75) is 24.4 Å². The van der Waals surface area contributed by atoms with Gasteiger partial charge in [-0.1, -0.05) is 24.3 Å². The van der Waals surface area contributed by atoms with Gasteiger partial charge in [0.1, 0.15) is 0 Å². The van der Waals surface area contributed by atoms with E-state index in [9.17, 15) is 8.42 Å². The first-order valence-electron chi connectivity index (χ1n) is 6.69. The van der Waals surface area contributed by atoms with E-state index in [1.807, 2.05) is 12.1 Å². The van der Waals surface area contributed by atoms with Crippen LogP contribution in [0.1, 0.15) is 24.1 Å². The second-order valence-corrected chi connectivity index (χ2v) is 6.45. The highest BCUT2D eigenvalue weighted by Gasteiger charge is 2.21. The molecule has 2 N–H and O–H groups in total. The number of nitrogens with zero attached hydrogens (tertiary/aromatic N) is 1. The summed E-state index contributed by atoms with van der Waals surface area (Å²) in [6.07, 6.45) is 3.32. The molecule has 1 aromatic heterocycles. The Bertz CT molecular complexity index is 687. The van der Waals surface area contributed by atoms with Crippen molar-refractivity contribution >= 4 is 10.0 Å². The fourth-order valence-corrected chi connectivity index (χ4v) is 3.57. The summed E-state index contributed by atoms with van der Waals surface area (Å²) >= 11 is 0. The lowest BCUT2D eigenvalue weighted by Gasteiger charge is -2.16. The molecule has 1 atom stereocenters. The van der Waals surface area contributed by atoms with E-state index in [0.29, 0.717) is 11.4 Å². The molecule has 5 nitrogen and oxygen atoms in total. The van der Waals surface area contributed by atoms with Gasteiger partial charge in [0.2, 0.25) is 10.0 Å². The number of aromatic nitrogens is 1. The van der Waals surface area contributed by atoms with Crippen LogP contribution in [0.3, 0.4) is 0 Å². The van der Waals surface area contributed by atoms with E-state index in [4.69, 9.17) is 0 Å². The van der Waals surface area contributed by atoms with Crippen LogP contribution in [-0.2, 0) is 16.6 Å². The summed E-state index contributed by atoms with van der Waals surface area (Å²) in [6, 6.07) is 10.3. The highest BCUT2D eigenvalue weighted by atomic mass is 32.2. The van der Waals surface area contributed by atoms with Crippen LogP contribution in [0.5, 0.6) is 0 Å². The molecule has 1 aromatic carbocycles. The third kappa shape index (κ3) is 3.87. The second kappa shape index (κ2) is 6.80. The molecule has 0 aliphatic carbocycles. The van der Waals surface area contributed by atoms with E-state index >= 15 is 0 Å². The van der Waals surface area contributed by atoms with E-state index in [0.717, 1.165) is 11.1 Å². The lowest BCUT2D eigenvalue weighted by molar-refractivity contribution is 0.565. The predicted molar refractivity (Wildman–Crippen MR) is 82.2 cm³/mol. The van der Waals surface area contributed by atoms with Crippen molar-refractivity contribution < 1.29 is 8.42 Å². The number of hydrogen-bond donors (Lipinski definition) is 2. The highest BCUT2D eigenvalue weighted by molar-refractivity contribution is 7.89. The Hall–Kier alpha value is -1.76. The van der Waals surface area contributed by atoms with Crippen molar-refractivity contribution in [1.29, 1.82) is 0 Å². The molecule has 0 saturated carbocycles. The van der Waals surface area contributed by atoms with Gasteiger partial charge in [-0.25, -0.2) is 13.1 Å². The van der Waals surface area contributed by atoms with Crippen LogP contribution >= 0.6 is 0 Å². The van der Waals surface area contributed by atoms with Gasteiger partial charge in [0.15, 0.2) is 0 Å². The molecule has 0 fully saturated rings.